The number of nitrogens with zero attached hydrogens (tertiary/aromatic N) is 1. The van der Waals surface area contributed by atoms with Crippen molar-refractivity contribution in [1.82, 2.24) is 4.98 Å². The summed E-state index contributed by atoms with van der Waals surface area (Å²) in [5, 5.41) is 1.32. The maximum atomic E-state index is 5.93. The maximum Gasteiger partial charge on any atom is 0.180 e. The predicted molar refractivity (Wildman–Crippen MR) is 61.7 cm³/mol. The highest BCUT2D eigenvalue weighted by atomic mass is 35.5. The number of benzene rings is 1. The first-order valence-electron chi connectivity index (χ1n) is 4.14. The second kappa shape index (κ2) is 3.59. The Labute approximate surface area is 91.4 Å². The van der Waals surface area contributed by atoms with Gasteiger partial charge in [0, 0.05) is 11.2 Å². The van der Waals surface area contributed by atoms with E-state index in [2.05, 4.69) is 4.98 Å². The summed E-state index contributed by atoms with van der Waals surface area (Å²) < 4.78 is 0. The number of aromatic nitrogens is 1. The minimum Gasteiger partial charge on any atom is -0.375 e. The minimum absolute atomic E-state index is 0.583. The van der Waals surface area contributed by atoms with Crippen LogP contribution in [0, 0.1) is 6.92 Å². The second-order valence-corrected chi connectivity index (χ2v) is 4.52. The van der Waals surface area contributed by atoms with Crippen molar-refractivity contribution in [3.63, 3.8) is 0 Å². The Morgan fingerprint density at radius 3 is 2.86 bits per heavy atom. The van der Waals surface area contributed by atoms with Gasteiger partial charge in [-0.05, 0) is 30.2 Å². The maximum absolute atomic E-state index is 5.93. The minimum atomic E-state index is 0.583. The van der Waals surface area contributed by atoms with Crippen LogP contribution >= 0.6 is 22.9 Å². The van der Waals surface area contributed by atoms with Crippen LogP contribution in [0.1, 0.15) is 5.56 Å². The summed E-state index contributed by atoms with van der Waals surface area (Å²) >= 11 is 7.40. The van der Waals surface area contributed by atoms with Crippen molar-refractivity contribution in [3.05, 3.63) is 35.0 Å². The van der Waals surface area contributed by atoms with Crippen LogP contribution in [0.5, 0.6) is 0 Å². The Hall–Kier alpha value is -1.06. The van der Waals surface area contributed by atoms with Crippen LogP contribution in [0.3, 0.4) is 0 Å². The molecule has 0 fully saturated rings. The number of hydrogen-bond acceptors (Lipinski definition) is 3. The summed E-state index contributed by atoms with van der Waals surface area (Å²) in [6.07, 6.45) is 1.78. The lowest BCUT2D eigenvalue weighted by molar-refractivity contribution is 1.41. The van der Waals surface area contributed by atoms with Crippen molar-refractivity contribution < 1.29 is 0 Å². The van der Waals surface area contributed by atoms with E-state index in [1.807, 2.05) is 25.1 Å². The lowest BCUT2D eigenvalue weighted by Gasteiger charge is -2.02. The number of thiazole rings is 1. The van der Waals surface area contributed by atoms with Gasteiger partial charge in [0.2, 0.25) is 0 Å². The van der Waals surface area contributed by atoms with Crippen molar-refractivity contribution >= 4 is 28.1 Å². The Kier molecular flexibility index (Phi) is 2.44. The van der Waals surface area contributed by atoms with Gasteiger partial charge in [-0.2, -0.15) is 0 Å². The number of hydrogen-bond donors (Lipinski definition) is 1. The first kappa shape index (κ1) is 9.49. The molecule has 0 amide bonds. The third kappa shape index (κ3) is 1.74. The standard InChI is InChI=1S/C10H9ClN2S/c1-6-2-3-7(11)4-8(6)9-5-13-10(12)14-9/h2-5H,1H3,(H2,12,13). The van der Waals surface area contributed by atoms with Crippen LogP contribution in [0.2, 0.25) is 5.02 Å². The smallest absolute Gasteiger partial charge is 0.180 e. The SMILES string of the molecule is Cc1ccc(Cl)cc1-c1cnc(N)s1. The fourth-order valence-corrected chi connectivity index (χ4v) is 2.21. The van der Waals surface area contributed by atoms with Gasteiger partial charge in [-0.3, -0.25) is 0 Å². The molecule has 0 atom stereocenters. The van der Waals surface area contributed by atoms with Gasteiger partial charge >= 0.3 is 0 Å². The first-order valence-corrected chi connectivity index (χ1v) is 5.34. The van der Waals surface area contributed by atoms with Crippen molar-refractivity contribution in [1.29, 1.82) is 0 Å². The molecule has 0 aliphatic rings. The lowest BCUT2D eigenvalue weighted by Crippen LogP contribution is -1.79. The topological polar surface area (TPSA) is 38.9 Å². The van der Waals surface area contributed by atoms with E-state index in [4.69, 9.17) is 17.3 Å². The van der Waals surface area contributed by atoms with E-state index in [0.29, 0.717) is 5.13 Å². The molecule has 4 heteroatoms. The summed E-state index contributed by atoms with van der Waals surface area (Å²) in [6.45, 7) is 2.04. The number of rotatable bonds is 1. The molecule has 2 N–H and O–H groups in total. The lowest BCUT2D eigenvalue weighted by atomic mass is 10.1. The Balaban J connectivity index is 2.55. The van der Waals surface area contributed by atoms with Crippen LogP contribution in [0.25, 0.3) is 10.4 Å². The third-order valence-corrected chi connectivity index (χ3v) is 3.08. The van der Waals surface area contributed by atoms with Crippen molar-refractivity contribution in [2.24, 2.45) is 0 Å². The van der Waals surface area contributed by atoms with Gasteiger partial charge in [-0.15, -0.1) is 0 Å². The normalized spacial score (nSPS) is 10.4. The summed E-state index contributed by atoms with van der Waals surface area (Å²) in [5.74, 6) is 0. The first-order chi connectivity index (χ1) is 6.66. The molecule has 0 unspecified atom stereocenters. The largest absolute Gasteiger partial charge is 0.375 e. The fraction of sp³-hybridized carbons (Fsp3) is 0.100. The number of nitrogens with two attached hydrogens (primary N) is 1. The molecule has 1 aromatic carbocycles. The summed E-state index contributed by atoms with van der Waals surface area (Å²) in [5.41, 5.74) is 7.86. The zero-order valence-corrected chi connectivity index (χ0v) is 9.19. The summed E-state index contributed by atoms with van der Waals surface area (Å²) in [4.78, 5) is 5.07. The zero-order chi connectivity index (χ0) is 10.1. The van der Waals surface area contributed by atoms with Gasteiger partial charge in [0.1, 0.15) is 0 Å². The molecule has 2 aromatic rings. The Morgan fingerprint density at radius 1 is 1.43 bits per heavy atom. The zero-order valence-electron chi connectivity index (χ0n) is 7.62. The van der Waals surface area contributed by atoms with Gasteiger partial charge in [0.05, 0.1) is 4.88 Å². The average Bonchev–Trinajstić information content (AvgIpc) is 2.56. The third-order valence-electron chi connectivity index (χ3n) is 1.99. The molecule has 0 aliphatic heterocycles. The molecule has 0 saturated heterocycles. The van der Waals surface area contributed by atoms with E-state index in [0.717, 1.165) is 15.5 Å². The molecule has 72 valence electrons. The van der Waals surface area contributed by atoms with Crippen molar-refractivity contribution in [3.8, 4) is 10.4 Å². The van der Waals surface area contributed by atoms with Crippen molar-refractivity contribution in [2.45, 2.75) is 6.92 Å². The van der Waals surface area contributed by atoms with Crippen LogP contribution in [-0.2, 0) is 0 Å². The van der Waals surface area contributed by atoms with Gasteiger partial charge in [0.15, 0.2) is 5.13 Å². The highest BCUT2D eigenvalue weighted by Crippen LogP contribution is 2.31. The molecule has 14 heavy (non-hydrogen) atoms. The molecule has 0 saturated carbocycles. The highest BCUT2D eigenvalue weighted by molar-refractivity contribution is 7.18. The predicted octanol–water partition coefficient (Wildman–Crippen LogP) is 3.35. The van der Waals surface area contributed by atoms with E-state index in [1.54, 1.807) is 6.20 Å². The molecular formula is C10H9ClN2S. The second-order valence-electron chi connectivity index (χ2n) is 3.02. The highest BCUT2D eigenvalue weighted by Gasteiger charge is 2.05. The Bertz CT molecular complexity index is 465. The molecule has 0 radical (unpaired) electrons. The van der Waals surface area contributed by atoms with Crippen molar-refractivity contribution in [2.75, 3.05) is 5.73 Å². The molecule has 2 nitrogen and oxygen atoms in total. The monoisotopic (exact) mass is 224 g/mol. The Morgan fingerprint density at radius 2 is 2.21 bits per heavy atom. The molecular weight excluding hydrogens is 216 g/mol. The van der Waals surface area contributed by atoms with Crippen LogP contribution in [-0.4, -0.2) is 4.98 Å². The molecule has 0 spiro atoms. The number of halogens is 1. The summed E-state index contributed by atoms with van der Waals surface area (Å²) in [7, 11) is 0. The van der Waals surface area contributed by atoms with Crippen LogP contribution < -0.4 is 5.73 Å². The fourth-order valence-electron chi connectivity index (χ4n) is 1.27. The van der Waals surface area contributed by atoms with E-state index < -0.39 is 0 Å². The van der Waals surface area contributed by atoms with Crippen LogP contribution in [0.15, 0.2) is 24.4 Å². The van der Waals surface area contributed by atoms with Crippen LogP contribution in [0.4, 0.5) is 5.13 Å². The molecule has 1 heterocycles. The molecule has 0 aliphatic carbocycles. The summed E-state index contributed by atoms with van der Waals surface area (Å²) in [6, 6.07) is 5.81. The van der Waals surface area contributed by atoms with E-state index in [1.165, 1.54) is 16.9 Å². The van der Waals surface area contributed by atoms with E-state index >= 15 is 0 Å². The molecule has 2 rings (SSSR count). The van der Waals surface area contributed by atoms with Gasteiger partial charge in [0.25, 0.3) is 0 Å². The molecule has 1 aromatic heterocycles. The van der Waals surface area contributed by atoms with E-state index in [-0.39, 0.29) is 0 Å². The molecule has 0 bridgehead atoms. The number of anilines is 1. The number of aryl methyl sites for hydroxylation is 1. The average molecular weight is 225 g/mol. The quantitative estimate of drug-likeness (QED) is 0.807. The number of nitrogen functional groups attached to an aromatic ring is 1. The van der Waals surface area contributed by atoms with E-state index in [9.17, 15) is 0 Å². The van der Waals surface area contributed by atoms with Gasteiger partial charge in [-0.25, -0.2) is 4.98 Å². The van der Waals surface area contributed by atoms with Gasteiger partial charge in [-0.1, -0.05) is 29.0 Å². The van der Waals surface area contributed by atoms with Gasteiger partial charge < -0.3 is 5.73 Å².